The van der Waals surface area contributed by atoms with Crippen molar-refractivity contribution in [3.63, 3.8) is 0 Å². The van der Waals surface area contributed by atoms with Gasteiger partial charge in [0.05, 0.1) is 7.11 Å². The molecule has 2 aromatic rings. The molecule has 1 heterocycles. The van der Waals surface area contributed by atoms with Crippen LogP contribution in [0.1, 0.15) is 69.1 Å². The molecule has 0 spiro atoms. The van der Waals surface area contributed by atoms with Gasteiger partial charge in [-0.15, -0.1) is 0 Å². The Kier molecular flexibility index (Phi) is 6.47. The third-order valence-electron chi connectivity index (χ3n) is 5.32. The van der Waals surface area contributed by atoms with Crippen LogP contribution >= 0.6 is 0 Å². The van der Waals surface area contributed by atoms with E-state index in [0.29, 0.717) is 12.2 Å². The molecular weight excluding hydrogens is 340 g/mol. The smallest absolute Gasteiger partial charge is 0.354 e. The number of amides is 1. The zero-order valence-corrected chi connectivity index (χ0v) is 17.4. The molecule has 0 aliphatic heterocycles. The van der Waals surface area contributed by atoms with E-state index in [9.17, 15) is 9.59 Å². The average molecular weight is 370 g/mol. The molecule has 0 radical (unpaired) electrons. The number of carbonyl (C=O) groups is 2. The largest absolute Gasteiger partial charge is 0.464 e. The normalized spacial score (nSPS) is 12.0. The zero-order chi connectivity index (χ0) is 20.3. The van der Waals surface area contributed by atoms with E-state index < -0.39 is 5.97 Å². The van der Waals surface area contributed by atoms with E-state index in [0.717, 1.165) is 39.9 Å². The van der Waals surface area contributed by atoms with Crippen molar-refractivity contribution in [3.8, 4) is 0 Å². The summed E-state index contributed by atoms with van der Waals surface area (Å²) >= 11 is 0. The maximum absolute atomic E-state index is 13.4. The quantitative estimate of drug-likeness (QED) is 0.763. The van der Waals surface area contributed by atoms with Gasteiger partial charge in [0.2, 0.25) is 0 Å². The Morgan fingerprint density at radius 1 is 1.19 bits per heavy atom. The van der Waals surface area contributed by atoms with Crippen molar-refractivity contribution in [2.75, 3.05) is 7.11 Å². The molecule has 0 saturated carbocycles. The van der Waals surface area contributed by atoms with Crippen LogP contribution in [0.4, 0.5) is 0 Å². The van der Waals surface area contributed by atoms with Gasteiger partial charge in [-0.05, 0) is 63.8 Å². The van der Waals surface area contributed by atoms with Gasteiger partial charge in [-0.25, -0.2) is 4.79 Å². The van der Waals surface area contributed by atoms with Gasteiger partial charge in [-0.2, -0.15) is 0 Å². The molecule has 2 rings (SSSR count). The first-order chi connectivity index (χ1) is 12.7. The second-order valence-electron chi connectivity index (χ2n) is 7.23. The molecule has 0 unspecified atom stereocenters. The molecule has 1 amide bonds. The Morgan fingerprint density at radius 2 is 1.85 bits per heavy atom. The molecule has 0 aliphatic carbocycles. The van der Waals surface area contributed by atoms with E-state index in [1.807, 2.05) is 50.8 Å². The van der Waals surface area contributed by atoms with Crippen molar-refractivity contribution in [1.82, 2.24) is 9.88 Å². The summed E-state index contributed by atoms with van der Waals surface area (Å²) in [4.78, 5) is 30.4. The molecule has 1 aromatic carbocycles. The Bertz CT molecular complexity index is 851. The van der Waals surface area contributed by atoms with Gasteiger partial charge in [0, 0.05) is 23.8 Å². The number of esters is 1. The number of aromatic amines is 1. The lowest BCUT2D eigenvalue weighted by molar-refractivity contribution is 0.0593. The molecule has 1 N–H and O–H groups in total. The molecule has 0 bridgehead atoms. The van der Waals surface area contributed by atoms with E-state index in [1.165, 1.54) is 7.11 Å². The number of aryl methyl sites for hydroxylation is 3. The first kappa shape index (κ1) is 20.7. The summed E-state index contributed by atoms with van der Waals surface area (Å²) in [6.45, 7) is 12.4. The minimum Gasteiger partial charge on any atom is -0.464 e. The van der Waals surface area contributed by atoms with Crippen molar-refractivity contribution >= 4 is 11.9 Å². The number of H-pyrrole nitrogens is 1. The van der Waals surface area contributed by atoms with Gasteiger partial charge in [0.25, 0.3) is 5.91 Å². The highest BCUT2D eigenvalue weighted by Crippen LogP contribution is 2.24. The number of hydrogen-bond donors (Lipinski definition) is 1. The molecule has 1 aromatic heterocycles. The fourth-order valence-electron chi connectivity index (χ4n) is 3.27. The second-order valence-corrected chi connectivity index (χ2v) is 7.23. The zero-order valence-electron chi connectivity index (χ0n) is 17.4. The number of ether oxygens (including phenoxy) is 1. The summed E-state index contributed by atoms with van der Waals surface area (Å²) in [5, 5.41) is 0. The van der Waals surface area contributed by atoms with Crippen LogP contribution in [0, 0.1) is 27.7 Å². The van der Waals surface area contributed by atoms with Gasteiger partial charge >= 0.3 is 5.97 Å². The Morgan fingerprint density at radius 3 is 2.44 bits per heavy atom. The summed E-state index contributed by atoms with van der Waals surface area (Å²) in [5.74, 6) is -0.372. The number of nitrogens with one attached hydrogen (secondary N) is 1. The SMILES string of the molecule is CC[C@H](C)N(Cc1c(C)[nH]c(C(=O)OC)c1C)C(=O)c1cc(C)ccc1C. The standard InChI is InChI=1S/C22H30N2O3/c1-8-15(4)24(21(25)18-11-13(2)9-10-14(18)3)12-19-16(5)20(22(26)27-7)23-17(19)6/h9-11,15,23H,8,12H2,1-7H3/t15-/m0/s1. The molecule has 5 nitrogen and oxygen atoms in total. The number of benzene rings is 1. The summed E-state index contributed by atoms with van der Waals surface area (Å²) < 4.78 is 4.85. The van der Waals surface area contributed by atoms with Crippen LogP contribution in [-0.4, -0.2) is 34.9 Å². The summed E-state index contributed by atoms with van der Waals surface area (Å²) in [6.07, 6.45) is 0.850. The second kappa shape index (κ2) is 8.42. The number of nitrogens with zero attached hydrogens (tertiary/aromatic N) is 1. The topological polar surface area (TPSA) is 62.4 Å². The van der Waals surface area contributed by atoms with Crippen LogP contribution in [0.3, 0.4) is 0 Å². The van der Waals surface area contributed by atoms with E-state index in [4.69, 9.17) is 4.74 Å². The van der Waals surface area contributed by atoms with E-state index in [1.54, 1.807) is 0 Å². The molecular formula is C22H30N2O3. The highest BCUT2D eigenvalue weighted by Gasteiger charge is 2.26. The highest BCUT2D eigenvalue weighted by molar-refractivity contribution is 5.96. The van der Waals surface area contributed by atoms with Gasteiger partial charge in [0.1, 0.15) is 5.69 Å². The number of rotatable bonds is 6. The first-order valence-electron chi connectivity index (χ1n) is 9.35. The van der Waals surface area contributed by atoms with Crippen LogP contribution in [0.15, 0.2) is 18.2 Å². The lowest BCUT2D eigenvalue weighted by Gasteiger charge is -2.30. The Hall–Kier alpha value is -2.56. The molecule has 0 saturated heterocycles. The minimum atomic E-state index is -0.391. The molecule has 27 heavy (non-hydrogen) atoms. The predicted molar refractivity (Wildman–Crippen MR) is 107 cm³/mol. The average Bonchev–Trinajstić information content (AvgIpc) is 2.93. The molecule has 0 fully saturated rings. The summed E-state index contributed by atoms with van der Waals surface area (Å²) in [5.41, 5.74) is 5.90. The molecule has 5 heteroatoms. The van der Waals surface area contributed by atoms with Gasteiger partial charge in [-0.3, -0.25) is 4.79 Å². The number of aromatic nitrogens is 1. The van der Waals surface area contributed by atoms with Crippen molar-refractivity contribution in [2.24, 2.45) is 0 Å². The van der Waals surface area contributed by atoms with Crippen LogP contribution in [0.25, 0.3) is 0 Å². The van der Waals surface area contributed by atoms with Crippen LogP contribution in [0.5, 0.6) is 0 Å². The lowest BCUT2D eigenvalue weighted by atomic mass is 10.0. The van der Waals surface area contributed by atoms with Gasteiger partial charge < -0.3 is 14.6 Å². The minimum absolute atomic E-state index is 0.0187. The van der Waals surface area contributed by atoms with E-state index in [-0.39, 0.29) is 11.9 Å². The third-order valence-corrected chi connectivity index (χ3v) is 5.32. The van der Waals surface area contributed by atoms with Crippen molar-refractivity contribution in [1.29, 1.82) is 0 Å². The Labute approximate surface area is 161 Å². The van der Waals surface area contributed by atoms with Gasteiger partial charge in [-0.1, -0.05) is 24.6 Å². The van der Waals surface area contributed by atoms with Crippen molar-refractivity contribution < 1.29 is 14.3 Å². The van der Waals surface area contributed by atoms with Crippen LogP contribution < -0.4 is 0 Å². The van der Waals surface area contributed by atoms with Crippen molar-refractivity contribution in [2.45, 2.75) is 60.5 Å². The maximum Gasteiger partial charge on any atom is 0.354 e. The number of hydrogen-bond acceptors (Lipinski definition) is 3. The molecule has 146 valence electrons. The highest BCUT2D eigenvalue weighted by atomic mass is 16.5. The fraction of sp³-hybridized carbons (Fsp3) is 0.455. The van der Waals surface area contributed by atoms with Crippen LogP contribution in [0.2, 0.25) is 0 Å². The number of carbonyl (C=O) groups excluding carboxylic acids is 2. The fourth-order valence-corrected chi connectivity index (χ4v) is 3.27. The summed E-state index contributed by atoms with van der Waals surface area (Å²) in [6, 6.07) is 6.03. The monoisotopic (exact) mass is 370 g/mol. The molecule has 1 atom stereocenters. The maximum atomic E-state index is 13.4. The Balaban J connectivity index is 2.44. The first-order valence-corrected chi connectivity index (χ1v) is 9.35. The molecule has 0 aliphatic rings. The van der Waals surface area contributed by atoms with Crippen LogP contribution in [-0.2, 0) is 11.3 Å². The third kappa shape index (κ3) is 4.24. The van der Waals surface area contributed by atoms with E-state index >= 15 is 0 Å². The van der Waals surface area contributed by atoms with E-state index in [2.05, 4.69) is 18.8 Å². The summed E-state index contributed by atoms with van der Waals surface area (Å²) in [7, 11) is 1.37. The number of methoxy groups -OCH3 is 1. The van der Waals surface area contributed by atoms with Crippen molar-refractivity contribution in [3.05, 3.63) is 57.4 Å². The predicted octanol–water partition coefficient (Wildman–Crippen LogP) is 4.48. The lowest BCUT2D eigenvalue weighted by Crippen LogP contribution is -2.38. The van der Waals surface area contributed by atoms with Gasteiger partial charge in [0.15, 0.2) is 0 Å².